The van der Waals surface area contributed by atoms with Crippen molar-refractivity contribution in [3.8, 4) is 11.7 Å². The van der Waals surface area contributed by atoms with Crippen LogP contribution in [0.5, 0.6) is 5.75 Å². The largest absolute Gasteiger partial charge is 0.486 e. The van der Waals surface area contributed by atoms with Crippen molar-refractivity contribution in [1.82, 2.24) is 19.7 Å². The van der Waals surface area contributed by atoms with Crippen molar-refractivity contribution < 1.29 is 23.4 Å². The Bertz CT molecular complexity index is 881. The topological polar surface area (TPSA) is 90.1 Å². The minimum Gasteiger partial charge on any atom is -0.486 e. The standard InChI is InChI=1S/C15H10F2N4O3/c16-12-3-1-2-9(13(12)17)8-24-11-5-18-15(19-6-11)21-7-10(4-20-21)14(22)23/h1-7H,8H2,(H,22,23). The molecule has 0 unspecified atom stereocenters. The fourth-order valence-electron chi connectivity index (χ4n) is 1.87. The van der Waals surface area contributed by atoms with Crippen LogP contribution < -0.4 is 4.74 Å². The van der Waals surface area contributed by atoms with E-state index in [2.05, 4.69) is 15.1 Å². The monoisotopic (exact) mass is 332 g/mol. The third kappa shape index (κ3) is 3.19. The van der Waals surface area contributed by atoms with Crippen LogP contribution in [0.3, 0.4) is 0 Å². The highest BCUT2D eigenvalue weighted by Gasteiger charge is 2.10. The summed E-state index contributed by atoms with van der Waals surface area (Å²) < 4.78 is 33.1. The van der Waals surface area contributed by atoms with Gasteiger partial charge in [0.25, 0.3) is 5.95 Å². The lowest BCUT2D eigenvalue weighted by atomic mass is 10.2. The summed E-state index contributed by atoms with van der Waals surface area (Å²) in [6.07, 6.45) is 5.08. The second-order valence-corrected chi connectivity index (χ2v) is 4.70. The van der Waals surface area contributed by atoms with Crippen LogP contribution in [-0.4, -0.2) is 30.8 Å². The number of hydrogen-bond donors (Lipinski definition) is 1. The van der Waals surface area contributed by atoms with Gasteiger partial charge in [0.2, 0.25) is 0 Å². The minimum absolute atomic E-state index is 0.000468. The molecule has 0 saturated carbocycles. The zero-order valence-corrected chi connectivity index (χ0v) is 12.1. The van der Waals surface area contributed by atoms with Gasteiger partial charge in [0.1, 0.15) is 6.61 Å². The zero-order valence-electron chi connectivity index (χ0n) is 12.1. The van der Waals surface area contributed by atoms with Gasteiger partial charge in [-0.15, -0.1) is 0 Å². The molecule has 9 heteroatoms. The van der Waals surface area contributed by atoms with Crippen molar-refractivity contribution >= 4 is 5.97 Å². The number of ether oxygens (including phenoxy) is 1. The van der Waals surface area contributed by atoms with Crippen LogP contribution in [-0.2, 0) is 6.61 Å². The van der Waals surface area contributed by atoms with E-state index in [4.69, 9.17) is 9.84 Å². The lowest BCUT2D eigenvalue weighted by Crippen LogP contribution is -2.04. The van der Waals surface area contributed by atoms with Crippen molar-refractivity contribution in [3.05, 3.63) is 65.7 Å². The summed E-state index contributed by atoms with van der Waals surface area (Å²) in [5, 5.41) is 12.7. The second-order valence-electron chi connectivity index (χ2n) is 4.70. The number of carboxylic acids is 1. The third-order valence-corrected chi connectivity index (χ3v) is 3.07. The summed E-state index contributed by atoms with van der Waals surface area (Å²) in [6.45, 7) is -0.183. The van der Waals surface area contributed by atoms with Gasteiger partial charge in [-0.3, -0.25) is 0 Å². The predicted octanol–water partition coefficient (Wildman–Crippen LogP) is 2.22. The van der Waals surface area contributed by atoms with Crippen molar-refractivity contribution in [3.63, 3.8) is 0 Å². The average Bonchev–Trinajstić information content (AvgIpc) is 3.07. The molecule has 1 aromatic carbocycles. The first-order valence-electron chi connectivity index (χ1n) is 6.70. The molecule has 0 aliphatic carbocycles. The maximum Gasteiger partial charge on any atom is 0.338 e. The van der Waals surface area contributed by atoms with Gasteiger partial charge in [-0.1, -0.05) is 12.1 Å². The highest BCUT2D eigenvalue weighted by atomic mass is 19.2. The van der Waals surface area contributed by atoms with E-state index in [0.29, 0.717) is 0 Å². The first kappa shape index (κ1) is 15.5. The molecule has 0 aliphatic heterocycles. The van der Waals surface area contributed by atoms with E-state index in [0.717, 1.165) is 6.07 Å². The zero-order chi connectivity index (χ0) is 17.1. The van der Waals surface area contributed by atoms with Gasteiger partial charge in [0.15, 0.2) is 17.4 Å². The molecule has 0 amide bonds. The molecule has 0 radical (unpaired) electrons. The molecule has 0 bridgehead atoms. The summed E-state index contributed by atoms with van der Waals surface area (Å²) in [5.41, 5.74) is 0.0674. The molecule has 122 valence electrons. The van der Waals surface area contributed by atoms with Crippen molar-refractivity contribution in [2.24, 2.45) is 0 Å². The van der Waals surface area contributed by atoms with Crippen LogP contribution in [0.25, 0.3) is 5.95 Å². The maximum atomic E-state index is 13.5. The van der Waals surface area contributed by atoms with E-state index >= 15 is 0 Å². The van der Waals surface area contributed by atoms with Gasteiger partial charge >= 0.3 is 5.97 Å². The Morgan fingerprint density at radius 3 is 2.62 bits per heavy atom. The van der Waals surface area contributed by atoms with Gasteiger partial charge in [-0.2, -0.15) is 5.10 Å². The molecule has 2 heterocycles. The molecule has 2 aromatic heterocycles. The molecule has 24 heavy (non-hydrogen) atoms. The average molecular weight is 332 g/mol. The van der Waals surface area contributed by atoms with E-state index in [1.54, 1.807) is 0 Å². The lowest BCUT2D eigenvalue weighted by molar-refractivity contribution is 0.0697. The number of nitrogens with zero attached hydrogens (tertiary/aromatic N) is 4. The van der Waals surface area contributed by atoms with Gasteiger partial charge in [0.05, 0.1) is 24.2 Å². The van der Waals surface area contributed by atoms with Crippen molar-refractivity contribution in [2.45, 2.75) is 6.61 Å². The third-order valence-electron chi connectivity index (χ3n) is 3.07. The second kappa shape index (κ2) is 6.41. The maximum absolute atomic E-state index is 13.5. The molecule has 0 spiro atoms. The number of halogens is 2. The molecule has 0 fully saturated rings. The number of rotatable bonds is 5. The van der Waals surface area contributed by atoms with Crippen LogP contribution in [0.15, 0.2) is 43.0 Å². The number of carboxylic acid groups (broad SMARTS) is 1. The molecule has 3 rings (SSSR count). The quantitative estimate of drug-likeness (QED) is 0.770. The Morgan fingerprint density at radius 1 is 1.21 bits per heavy atom. The van der Waals surface area contributed by atoms with E-state index in [-0.39, 0.29) is 29.4 Å². The Morgan fingerprint density at radius 2 is 1.96 bits per heavy atom. The Kier molecular flexibility index (Phi) is 4.15. The van der Waals surface area contributed by atoms with Gasteiger partial charge in [-0.25, -0.2) is 28.2 Å². The summed E-state index contributed by atoms with van der Waals surface area (Å²) in [4.78, 5) is 18.8. The van der Waals surface area contributed by atoms with Crippen LogP contribution in [0.1, 0.15) is 15.9 Å². The van der Waals surface area contributed by atoms with E-state index in [1.165, 1.54) is 41.6 Å². The summed E-state index contributed by atoms with van der Waals surface area (Å²) in [6, 6.07) is 3.81. The van der Waals surface area contributed by atoms with Crippen LogP contribution in [0.4, 0.5) is 8.78 Å². The van der Waals surface area contributed by atoms with Gasteiger partial charge in [0, 0.05) is 11.8 Å². The molecule has 0 atom stereocenters. The molecule has 1 N–H and O–H groups in total. The van der Waals surface area contributed by atoms with E-state index < -0.39 is 17.6 Å². The van der Waals surface area contributed by atoms with Crippen LogP contribution in [0.2, 0.25) is 0 Å². The van der Waals surface area contributed by atoms with Gasteiger partial charge < -0.3 is 9.84 Å². The Balaban J connectivity index is 1.70. The fraction of sp³-hybridized carbons (Fsp3) is 0.0667. The number of hydrogen-bond acceptors (Lipinski definition) is 5. The summed E-state index contributed by atoms with van der Waals surface area (Å²) in [7, 11) is 0. The van der Waals surface area contributed by atoms with Crippen molar-refractivity contribution in [2.75, 3.05) is 0 Å². The number of benzene rings is 1. The minimum atomic E-state index is -1.11. The molecular formula is C15H10F2N4O3. The van der Waals surface area contributed by atoms with Gasteiger partial charge in [-0.05, 0) is 6.07 Å². The normalized spacial score (nSPS) is 10.6. The number of carbonyl (C=O) groups is 1. The van der Waals surface area contributed by atoms with E-state index in [9.17, 15) is 13.6 Å². The molecule has 3 aromatic rings. The van der Waals surface area contributed by atoms with Crippen molar-refractivity contribution in [1.29, 1.82) is 0 Å². The Hall–Kier alpha value is -3.36. The number of aromatic carboxylic acids is 1. The molecule has 0 saturated heterocycles. The molecule has 7 nitrogen and oxygen atoms in total. The first-order valence-corrected chi connectivity index (χ1v) is 6.70. The summed E-state index contributed by atoms with van der Waals surface area (Å²) >= 11 is 0. The SMILES string of the molecule is O=C(O)c1cnn(-c2ncc(OCc3cccc(F)c3F)cn2)c1. The first-order chi connectivity index (χ1) is 11.5. The highest BCUT2D eigenvalue weighted by Crippen LogP contribution is 2.15. The molecule has 0 aliphatic rings. The van der Waals surface area contributed by atoms with Crippen LogP contribution >= 0.6 is 0 Å². The van der Waals surface area contributed by atoms with Crippen LogP contribution in [0, 0.1) is 11.6 Å². The highest BCUT2D eigenvalue weighted by molar-refractivity contribution is 5.86. The fourth-order valence-corrected chi connectivity index (χ4v) is 1.87. The smallest absolute Gasteiger partial charge is 0.338 e. The molecular weight excluding hydrogens is 322 g/mol. The summed E-state index contributed by atoms with van der Waals surface area (Å²) in [5.74, 6) is -2.64. The lowest BCUT2D eigenvalue weighted by Gasteiger charge is -2.07. The Labute approximate surface area is 134 Å². The predicted molar refractivity (Wildman–Crippen MR) is 76.8 cm³/mol. The number of aromatic nitrogens is 4. The van der Waals surface area contributed by atoms with E-state index in [1.807, 2.05) is 0 Å².